The van der Waals surface area contributed by atoms with Crippen LogP contribution < -0.4 is 11.3 Å². The predicted octanol–water partition coefficient (Wildman–Crippen LogP) is 2.39. The van der Waals surface area contributed by atoms with Gasteiger partial charge in [0, 0.05) is 12.6 Å². The van der Waals surface area contributed by atoms with E-state index in [1.807, 2.05) is 6.92 Å². The third-order valence-electron chi connectivity index (χ3n) is 2.79. The molecule has 1 atom stereocenters. The largest absolute Gasteiger partial charge is 0.271 e. The molecule has 4 nitrogen and oxygen atoms in total. The van der Waals surface area contributed by atoms with Crippen LogP contribution in [0.15, 0.2) is 24.4 Å². The van der Waals surface area contributed by atoms with E-state index < -0.39 is 17.7 Å². The van der Waals surface area contributed by atoms with E-state index in [1.54, 1.807) is 4.68 Å². The maximum atomic E-state index is 13.3. The van der Waals surface area contributed by atoms with Crippen molar-refractivity contribution in [2.75, 3.05) is 0 Å². The van der Waals surface area contributed by atoms with E-state index in [0.717, 1.165) is 6.07 Å². The highest BCUT2D eigenvalue weighted by Gasteiger charge is 2.21. The Morgan fingerprint density at radius 2 is 2.00 bits per heavy atom. The molecule has 1 aromatic heterocycles. The van der Waals surface area contributed by atoms with E-state index in [1.165, 1.54) is 18.3 Å². The van der Waals surface area contributed by atoms with E-state index >= 15 is 0 Å². The van der Waals surface area contributed by atoms with Crippen LogP contribution in [0.1, 0.15) is 24.2 Å². The lowest BCUT2D eigenvalue weighted by Gasteiger charge is -2.18. The zero-order chi connectivity index (χ0) is 14.0. The molecular formula is C12H13ClF2N4. The average Bonchev–Trinajstić information content (AvgIpc) is 2.71. The van der Waals surface area contributed by atoms with Gasteiger partial charge in [0.2, 0.25) is 0 Å². The van der Waals surface area contributed by atoms with Gasteiger partial charge in [0.1, 0.15) is 11.6 Å². The van der Waals surface area contributed by atoms with Crippen molar-refractivity contribution >= 4 is 11.6 Å². The molecule has 2 rings (SSSR count). The quantitative estimate of drug-likeness (QED) is 0.670. The second kappa shape index (κ2) is 5.64. The summed E-state index contributed by atoms with van der Waals surface area (Å²) in [5.74, 6) is 4.15. The van der Waals surface area contributed by atoms with Crippen LogP contribution >= 0.6 is 11.6 Å². The monoisotopic (exact) mass is 286 g/mol. The number of hydrazine groups is 1. The van der Waals surface area contributed by atoms with Gasteiger partial charge in [-0.3, -0.25) is 10.5 Å². The van der Waals surface area contributed by atoms with E-state index in [9.17, 15) is 8.78 Å². The van der Waals surface area contributed by atoms with Gasteiger partial charge < -0.3 is 0 Å². The molecule has 1 aromatic carbocycles. The molecule has 3 N–H and O–H groups in total. The number of rotatable bonds is 4. The van der Waals surface area contributed by atoms with Crippen LogP contribution in [0.25, 0.3) is 0 Å². The van der Waals surface area contributed by atoms with E-state index in [2.05, 4.69) is 10.5 Å². The fourth-order valence-corrected chi connectivity index (χ4v) is 2.24. The van der Waals surface area contributed by atoms with Crippen LogP contribution in [0, 0.1) is 11.6 Å². The molecule has 2 aromatic rings. The van der Waals surface area contributed by atoms with Crippen molar-refractivity contribution in [3.63, 3.8) is 0 Å². The van der Waals surface area contributed by atoms with Gasteiger partial charge in [-0.25, -0.2) is 14.2 Å². The molecule has 0 spiro atoms. The molecular weight excluding hydrogens is 274 g/mol. The summed E-state index contributed by atoms with van der Waals surface area (Å²) in [4.78, 5) is 0. The molecule has 0 saturated heterocycles. The highest BCUT2D eigenvalue weighted by atomic mass is 35.5. The minimum Gasteiger partial charge on any atom is -0.271 e. The minimum absolute atomic E-state index is 0.345. The number of halogens is 3. The molecule has 0 aliphatic carbocycles. The van der Waals surface area contributed by atoms with Crippen LogP contribution in [0.4, 0.5) is 8.78 Å². The molecule has 19 heavy (non-hydrogen) atoms. The highest BCUT2D eigenvalue weighted by Crippen LogP contribution is 2.28. The summed E-state index contributed by atoms with van der Waals surface area (Å²) in [7, 11) is 0. The van der Waals surface area contributed by atoms with Crippen LogP contribution in [0.5, 0.6) is 0 Å². The number of hydrogen-bond acceptors (Lipinski definition) is 3. The van der Waals surface area contributed by atoms with Gasteiger partial charge in [-0.15, -0.1) is 0 Å². The Kier molecular flexibility index (Phi) is 4.14. The Balaban J connectivity index is 2.52. The summed E-state index contributed by atoms with van der Waals surface area (Å²) >= 11 is 6.06. The molecule has 0 amide bonds. The molecule has 1 heterocycles. The summed E-state index contributed by atoms with van der Waals surface area (Å²) in [6.45, 7) is 2.45. The summed E-state index contributed by atoms with van der Waals surface area (Å²) in [6.07, 6.45) is 1.47. The van der Waals surface area contributed by atoms with Crippen LogP contribution in [-0.4, -0.2) is 9.78 Å². The Labute approximate surface area is 114 Å². The fourth-order valence-electron chi connectivity index (χ4n) is 1.99. The third kappa shape index (κ3) is 2.75. The lowest BCUT2D eigenvalue weighted by molar-refractivity contribution is 0.530. The van der Waals surface area contributed by atoms with Crippen molar-refractivity contribution in [2.24, 2.45) is 5.84 Å². The zero-order valence-electron chi connectivity index (χ0n) is 10.2. The number of hydrogen-bond donors (Lipinski definition) is 2. The van der Waals surface area contributed by atoms with E-state index in [4.69, 9.17) is 17.4 Å². The van der Waals surface area contributed by atoms with Gasteiger partial charge >= 0.3 is 0 Å². The Morgan fingerprint density at radius 1 is 1.37 bits per heavy atom. The van der Waals surface area contributed by atoms with Gasteiger partial charge in [0.05, 0.1) is 23.0 Å². The zero-order valence-corrected chi connectivity index (χ0v) is 11.0. The van der Waals surface area contributed by atoms with Gasteiger partial charge in [-0.1, -0.05) is 11.6 Å². The topological polar surface area (TPSA) is 55.9 Å². The molecule has 0 fully saturated rings. The van der Waals surface area contributed by atoms with Crippen molar-refractivity contribution in [3.8, 4) is 0 Å². The first kappa shape index (κ1) is 13.9. The number of aryl methyl sites for hydroxylation is 1. The lowest BCUT2D eigenvalue weighted by Crippen LogP contribution is -2.31. The minimum atomic E-state index is -0.672. The van der Waals surface area contributed by atoms with Crippen LogP contribution in [0.2, 0.25) is 5.02 Å². The SMILES string of the molecule is CCn1ncc(Cl)c1C(NN)c1cc(F)cc(F)c1. The highest BCUT2D eigenvalue weighted by molar-refractivity contribution is 6.31. The van der Waals surface area contributed by atoms with Crippen molar-refractivity contribution in [3.05, 3.63) is 52.3 Å². The van der Waals surface area contributed by atoms with E-state index in [-0.39, 0.29) is 0 Å². The number of nitrogens with one attached hydrogen (secondary N) is 1. The van der Waals surface area contributed by atoms with Crippen molar-refractivity contribution in [2.45, 2.75) is 19.5 Å². The van der Waals surface area contributed by atoms with Gasteiger partial charge in [-0.2, -0.15) is 5.10 Å². The molecule has 0 radical (unpaired) electrons. The molecule has 1 unspecified atom stereocenters. The van der Waals surface area contributed by atoms with Crippen molar-refractivity contribution in [1.82, 2.24) is 15.2 Å². The Bertz CT molecular complexity index is 565. The van der Waals surface area contributed by atoms with Gasteiger partial charge in [0.15, 0.2) is 0 Å². The average molecular weight is 287 g/mol. The Hall–Kier alpha value is -1.50. The first-order chi connectivity index (χ1) is 9.06. The summed E-state index contributed by atoms with van der Waals surface area (Å²) in [5, 5.41) is 4.46. The van der Waals surface area contributed by atoms with Crippen LogP contribution in [-0.2, 0) is 6.54 Å². The fraction of sp³-hybridized carbons (Fsp3) is 0.250. The van der Waals surface area contributed by atoms with Crippen LogP contribution in [0.3, 0.4) is 0 Å². The first-order valence-corrected chi connectivity index (χ1v) is 6.08. The number of nitrogens with zero attached hydrogens (tertiary/aromatic N) is 2. The summed E-state index contributed by atoms with van der Waals surface area (Å²) in [6, 6.07) is 2.57. The normalized spacial score (nSPS) is 12.7. The number of aromatic nitrogens is 2. The molecule has 7 heteroatoms. The maximum Gasteiger partial charge on any atom is 0.126 e. The maximum absolute atomic E-state index is 13.3. The van der Waals surface area contributed by atoms with Crippen molar-refractivity contribution < 1.29 is 8.78 Å². The second-order valence-corrected chi connectivity index (χ2v) is 4.40. The Morgan fingerprint density at radius 3 is 2.53 bits per heavy atom. The second-order valence-electron chi connectivity index (χ2n) is 4.00. The van der Waals surface area contributed by atoms with Gasteiger partial charge in [-0.05, 0) is 24.6 Å². The molecule has 0 aliphatic rings. The number of nitrogens with two attached hydrogens (primary N) is 1. The summed E-state index contributed by atoms with van der Waals surface area (Å²) < 4.78 is 28.2. The van der Waals surface area contributed by atoms with Gasteiger partial charge in [0.25, 0.3) is 0 Å². The molecule has 0 saturated carbocycles. The smallest absolute Gasteiger partial charge is 0.126 e. The molecule has 0 aliphatic heterocycles. The molecule has 102 valence electrons. The standard InChI is InChI=1S/C12H13ClF2N4/c1-2-19-12(10(13)6-17-19)11(18-16)7-3-8(14)5-9(15)4-7/h3-6,11,18H,2,16H2,1H3. The summed E-state index contributed by atoms with van der Waals surface area (Å²) in [5.41, 5.74) is 3.42. The predicted molar refractivity (Wildman–Crippen MR) is 68.4 cm³/mol. The number of benzene rings is 1. The van der Waals surface area contributed by atoms with Crippen molar-refractivity contribution in [1.29, 1.82) is 0 Å². The molecule has 0 bridgehead atoms. The lowest BCUT2D eigenvalue weighted by atomic mass is 10.0. The third-order valence-corrected chi connectivity index (χ3v) is 3.08. The van der Waals surface area contributed by atoms with E-state index in [0.29, 0.717) is 22.8 Å². The first-order valence-electron chi connectivity index (χ1n) is 5.70.